The monoisotopic (exact) mass is 479 g/mol. The number of fused-ring (bicyclic) bond motifs is 1. The van der Waals surface area contributed by atoms with E-state index >= 15 is 0 Å². The van der Waals surface area contributed by atoms with E-state index in [-0.39, 0.29) is 39.1 Å². The number of hydrogen-bond donors (Lipinski definition) is 2. The average molecular weight is 480 g/mol. The summed E-state index contributed by atoms with van der Waals surface area (Å²) in [6.07, 6.45) is 3.51. The number of hydrogen-bond acceptors (Lipinski definition) is 5. The van der Waals surface area contributed by atoms with Crippen molar-refractivity contribution in [2.45, 2.75) is 62.2 Å². The van der Waals surface area contributed by atoms with E-state index in [0.29, 0.717) is 19.4 Å². The molecule has 7 nitrogen and oxygen atoms in total. The second kappa shape index (κ2) is 6.37. The van der Waals surface area contributed by atoms with Crippen molar-refractivity contribution in [3.8, 4) is 0 Å². The van der Waals surface area contributed by atoms with Crippen LogP contribution in [0.4, 0.5) is 18.9 Å². The molecule has 1 amide bonds. The molecule has 6 rings (SSSR count). The quantitative estimate of drug-likeness (QED) is 0.630. The van der Waals surface area contributed by atoms with Crippen LogP contribution in [0.1, 0.15) is 66.2 Å². The molecule has 0 aromatic carbocycles. The Kier molecular flexibility index (Phi) is 4.08. The summed E-state index contributed by atoms with van der Waals surface area (Å²) in [4.78, 5) is 17.1. The van der Waals surface area contributed by atoms with Gasteiger partial charge in [0.05, 0.1) is 15.4 Å². The molecule has 0 saturated heterocycles. The number of carbonyl (C=O) groups excluding carboxylic acids is 1. The molecular formula is C22H24F3N5O2S. The first-order valence-corrected chi connectivity index (χ1v) is 13.1. The number of rotatable bonds is 6. The lowest BCUT2D eigenvalue weighted by molar-refractivity contribution is -0.138. The van der Waals surface area contributed by atoms with Crippen LogP contribution in [0.5, 0.6) is 0 Å². The molecule has 11 heteroatoms. The molecule has 4 saturated carbocycles. The third-order valence-electron chi connectivity index (χ3n) is 8.01. The lowest BCUT2D eigenvalue weighted by Crippen LogP contribution is -2.23. The van der Waals surface area contributed by atoms with Gasteiger partial charge in [-0.15, -0.1) is 0 Å². The van der Waals surface area contributed by atoms with Crippen LogP contribution in [-0.4, -0.2) is 31.1 Å². The first-order valence-electron chi connectivity index (χ1n) is 11.2. The van der Waals surface area contributed by atoms with E-state index in [0.717, 1.165) is 25.7 Å². The smallest absolute Gasteiger partial charge is 0.320 e. The van der Waals surface area contributed by atoms with Gasteiger partial charge in [0, 0.05) is 30.6 Å². The van der Waals surface area contributed by atoms with Gasteiger partial charge in [-0.25, -0.2) is 14.0 Å². The van der Waals surface area contributed by atoms with Gasteiger partial charge in [-0.1, -0.05) is 0 Å². The lowest BCUT2D eigenvalue weighted by Gasteiger charge is -2.13. The zero-order valence-corrected chi connectivity index (χ0v) is 18.9. The minimum Gasteiger partial charge on any atom is -0.320 e. The molecule has 2 heterocycles. The Hall–Kier alpha value is -2.43. The summed E-state index contributed by atoms with van der Waals surface area (Å²) >= 11 is 0. The van der Waals surface area contributed by atoms with Gasteiger partial charge in [0.2, 0.25) is 0 Å². The number of carbonyl (C=O) groups is 1. The molecule has 1 atom stereocenters. The predicted molar refractivity (Wildman–Crippen MR) is 113 cm³/mol. The summed E-state index contributed by atoms with van der Waals surface area (Å²) in [6, 6.07) is 2.67. The Balaban J connectivity index is 1.38. The highest BCUT2D eigenvalue weighted by Crippen LogP contribution is 2.92. The molecule has 2 aromatic rings. The molecule has 0 radical (unpaired) electrons. The van der Waals surface area contributed by atoms with Gasteiger partial charge in [-0.05, 0) is 67.4 Å². The Bertz CT molecular complexity index is 1270. The first kappa shape index (κ1) is 21.1. The standard InChI is InChI=1S/C22H24F3N5O2S/c1-33(26,32)15-10-13(4-9-27-15)28-19(31)18-16(22(23,24)25)17(12-2-3-12)29-30(18)11-14-20(5-6-20)21(14)7-8-21/h4,9-10,12,14,26H,2-3,5-8,11H2,1H3,(H,27,28,31). The zero-order valence-electron chi connectivity index (χ0n) is 18.0. The summed E-state index contributed by atoms with van der Waals surface area (Å²) in [6.45, 7) is 0.329. The maximum atomic E-state index is 14.2. The highest BCUT2D eigenvalue weighted by atomic mass is 32.2. The minimum atomic E-state index is -4.71. The van der Waals surface area contributed by atoms with Crippen molar-refractivity contribution in [1.29, 1.82) is 4.78 Å². The molecule has 1 unspecified atom stereocenters. The fourth-order valence-corrected chi connectivity index (χ4v) is 6.59. The molecule has 0 aliphatic heterocycles. The van der Waals surface area contributed by atoms with Gasteiger partial charge in [0.1, 0.15) is 16.3 Å². The number of pyridine rings is 1. The number of alkyl halides is 3. The second-order valence-corrected chi connectivity index (χ2v) is 12.2. The predicted octanol–water partition coefficient (Wildman–Crippen LogP) is 4.65. The van der Waals surface area contributed by atoms with Crippen LogP contribution >= 0.6 is 0 Å². The maximum absolute atomic E-state index is 14.2. The van der Waals surface area contributed by atoms with Gasteiger partial charge >= 0.3 is 6.18 Å². The summed E-state index contributed by atoms with van der Waals surface area (Å²) in [5, 5.41) is 6.84. The molecule has 4 fully saturated rings. The Morgan fingerprint density at radius 3 is 2.42 bits per heavy atom. The molecule has 0 bridgehead atoms. The average Bonchev–Trinajstić information content (AvgIpc) is 3.56. The fourth-order valence-electron chi connectivity index (χ4n) is 5.98. The summed E-state index contributed by atoms with van der Waals surface area (Å²) < 4.78 is 63.6. The van der Waals surface area contributed by atoms with Crippen LogP contribution in [0.3, 0.4) is 0 Å². The van der Waals surface area contributed by atoms with Crippen LogP contribution in [0.15, 0.2) is 23.4 Å². The largest absolute Gasteiger partial charge is 0.420 e. The Morgan fingerprint density at radius 1 is 1.27 bits per heavy atom. The van der Waals surface area contributed by atoms with Crippen molar-refractivity contribution in [3.05, 3.63) is 35.3 Å². The van der Waals surface area contributed by atoms with E-state index in [1.54, 1.807) is 0 Å². The van der Waals surface area contributed by atoms with Crippen molar-refractivity contribution in [2.24, 2.45) is 16.7 Å². The highest BCUT2D eigenvalue weighted by molar-refractivity contribution is 7.91. The van der Waals surface area contributed by atoms with Gasteiger partial charge in [-0.2, -0.15) is 18.3 Å². The van der Waals surface area contributed by atoms with Crippen molar-refractivity contribution >= 4 is 21.3 Å². The topological polar surface area (TPSA) is 101 Å². The number of halogens is 3. The van der Waals surface area contributed by atoms with E-state index < -0.39 is 33.1 Å². The maximum Gasteiger partial charge on any atom is 0.420 e. The molecule has 4 aliphatic carbocycles. The third kappa shape index (κ3) is 3.22. The SMILES string of the molecule is CS(=N)(=O)c1cc(NC(=O)c2c(C(F)(F)F)c(C3CC3)nn2CC2C3(CC3)C23CC3)ccn1. The molecule has 4 aliphatic rings. The van der Waals surface area contributed by atoms with Crippen molar-refractivity contribution in [1.82, 2.24) is 14.8 Å². The van der Waals surface area contributed by atoms with Crippen molar-refractivity contribution in [3.63, 3.8) is 0 Å². The Morgan fingerprint density at radius 2 is 1.91 bits per heavy atom. The number of anilines is 1. The van der Waals surface area contributed by atoms with Crippen LogP contribution in [0.2, 0.25) is 0 Å². The minimum absolute atomic E-state index is 0.0267. The lowest BCUT2D eigenvalue weighted by atomic mass is 10.1. The van der Waals surface area contributed by atoms with Gasteiger partial charge < -0.3 is 5.32 Å². The van der Waals surface area contributed by atoms with E-state index in [4.69, 9.17) is 4.78 Å². The van der Waals surface area contributed by atoms with Gasteiger partial charge in [0.15, 0.2) is 0 Å². The molecule has 2 aromatic heterocycles. The summed E-state index contributed by atoms with van der Waals surface area (Å²) in [5.41, 5.74) is -0.748. The summed E-state index contributed by atoms with van der Waals surface area (Å²) in [5.74, 6) is -0.883. The highest BCUT2D eigenvalue weighted by Gasteiger charge is 2.86. The normalized spacial score (nSPS) is 24.0. The van der Waals surface area contributed by atoms with Crippen molar-refractivity contribution in [2.75, 3.05) is 11.6 Å². The van der Waals surface area contributed by atoms with E-state index in [1.165, 1.54) is 29.3 Å². The molecule has 176 valence electrons. The molecule has 2 spiro atoms. The van der Waals surface area contributed by atoms with Crippen LogP contribution in [0, 0.1) is 21.5 Å². The first-order chi connectivity index (χ1) is 15.5. The van der Waals surface area contributed by atoms with Gasteiger partial charge in [0.25, 0.3) is 5.91 Å². The van der Waals surface area contributed by atoms with Gasteiger partial charge in [-0.3, -0.25) is 9.48 Å². The van der Waals surface area contributed by atoms with E-state index in [1.807, 2.05) is 0 Å². The zero-order chi connectivity index (χ0) is 23.4. The number of nitrogens with zero attached hydrogens (tertiary/aromatic N) is 3. The molecule has 33 heavy (non-hydrogen) atoms. The molecule has 2 N–H and O–H groups in total. The van der Waals surface area contributed by atoms with Crippen LogP contribution in [0.25, 0.3) is 0 Å². The van der Waals surface area contributed by atoms with Crippen LogP contribution in [-0.2, 0) is 22.5 Å². The number of amides is 1. The van der Waals surface area contributed by atoms with E-state index in [2.05, 4.69) is 15.4 Å². The summed E-state index contributed by atoms with van der Waals surface area (Å²) in [7, 11) is -3.14. The van der Waals surface area contributed by atoms with Crippen LogP contribution < -0.4 is 5.32 Å². The number of aromatic nitrogens is 3. The third-order valence-corrected chi connectivity index (χ3v) is 9.03. The Labute approximate surface area is 189 Å². The second-order valence-electron chi connectivity index (χ2n) is 10.1. The number of nitrogens with one attached hydrogen (secondary N) is 2. The fraction of sp³-hybridized carbons (Fsp3) is 0.591. The van der Waals surface area contributed by atoms with E-state index in [9.17, 15) is 22.2 Å². The molecular weight excluding hydrogens is 455 g/mol. The van der Waals surface area contributed by atoms with Crippen molar-refractivity contribution < 1.29 is 22.2 Å².